The van der Waals surface area contributed by atoms with Gasteiger partial charge in [0.2, 0.25) is 0 Å². The first kappa shape index (κ1) is 17.8. The molecule has 1 aliphatic rings. The third-order valence-electron chi connectivity index (χ3n) is 4.47. The average Bonchev–Trinajstić information content (AvgIpc) is 2.41. The highest BCUT2D eigenvalue weighted by molar-refractivity contribution is 7.80. The first-order valence-corrected chi connectivity index (χ1v) is 8.94. The number of benzene rings is 1. The molecular formula is C17H24Cl2N2S. The van der Waals surface area contributed by atoms with Crippen LogP contribution in [0.25, 0.3) is 0 Å². The topological polar surface area (TPSA) is 24.1 Å². The molecule has 1 aliphatic carbocycles. The molecule has 0 saturated heterocycles. The van der Waals surface area contributed by atoms with E-state index in [1.165, 1.54) is 12.8 Å². The lowest BCUT2D eigenvalue weighted by atomic mass is 9.71. The summed E-state index contributed by atoms with van der Waals surface area (Å²) in [6.45, 7) is 7.00. The summed E-state index contributed by atoms with van der Waals surface area (Å²) in [4.78, 5) is 0. The maximum atomic E-state index is 6.15. The molecule has 2 nitrogen and oxygen atoms in total. The lowest BCUT2D eigenvalue weighted by Crippen LogP contribution is -2.41. The molecule has 1 aromatic rings. The fourth-order valence-electron chi connectivity index (χ4n) is 3.04. The van der Waals surface area contributed by atoms with Crippen LogP contribution in [0.15, 0.2) is 18.2 Å². The van der Waals surface area contributed by atoms with Crippen molar-refractivity contribution in [2.45, 2.75) is 52.5 Å². The summed E-state index contributed by atoms with van der Waals surface area (Å²) in [6, 6.07) is 5.80. The van der Waals surface area contributed by atoms with Crippen molar-refractivity contribution >= 4 is 46.2 Å². The molecule has 22 heavy (non-hydrogen) atoms. The molecule has 0 aromatic heterocycles. The Bertz CT molecular complexity index is 532. The zero-order valence-electron chi connectivity index (χ0n) is 13.4. The van der Waals surface area contributed by atoms with Gasteiger partial charge in [0, 0.05) is 11.1 Å². The molecule has 2 rings (SSSR count). The van der Waals surface area contributed by atoms with E-state index in [4.69, 9.17) is 35.4 Å². The van der Waals surface area contributed by atoms with Crippen LogP contribution in [0.2, 0.25) is 10.0 Å². The summed E-state index contributed by atoms with van der Waals surface area (Å²) in [7, 11) is 0. The van der Waals surface area contributed by atoms with E-state index in [1.54, 1.807) is 12.1 Å². The van der Waals surface area contributed by atoms with Gasteiger partial charge < -0.3 is 10.6 Å². The highest BCUT2D eigenvalue weighted by atomic mass is 35.5. The predicted molar refractivity (Wildman–Crippen MR) is 101 cm³/mol. The molecule has 1 fully saturated rings. The van der Waals surface area contributed by atoms with Crippen LogP contribution in [-0.4, -0.2) is 11.2 Å². The van der Waals surface area contributed by atoms with Crippen LogP contribution in [-0.2, 0) is 0 Å². The van der Waals surface area contributed by atoms with Crippen molar-refractivity contribution in [1.29, 1.82) is 0 Å². The molecule has 0 amide bonds. The van der Waals surface area contributed by atoms with Crippen molar-refractivity contribution < 1.29 is 0 Å². The number of hydrogen-bond donors (Lipinski definition) is 2. The molecule has 0 unspecified atom stereocenters. The van der Waals surface area contributed by atoms with Crippen molar-refractivity contribution in [3.05, 3.63) is 28.2 Å². The summed E-state index contributed by atoms with van der Waals surface area (Å²) in [6.07, 6.45) is 4.84. The Labute approximate surface area is 149 Å². The van der Waals surface area contributed by atoms with Crippen LogP contribution >= 0.6 is 35.4 Å². The van der Waals surface area contributed by atoms with Gasteiger partial charge in [0.15, 0.2) is 5.11 Å². The van der Waals surface area contributed by atoms with Crippen molar-refractivity contribution in [2.75, 3.05) is 5.32 Å². The van der Waals surface area contributed by atoms with Crippen molar-refractivity contribution in [3.63, 3.8) is 0 Å². The summed E-state index contributed by atoms with van der Waals surface area (Å²) < 4.78 is 0. The second-order valence-electron chi connectivity index (χ2n) is 7.14. The van der Waals surface area contributed by atoms with E-state index in [2.05, 4.69) is 31.4 Å². The zero-order chi connectivity index (χ0) is 16.3. The SMILES string of the molecule is CC(C)(C)C1CCC(NC(=S)Nc2ccc(Cl)cc2Cl)CC1. The predicted octanol–water partition coefficient (Wildman–Crippen LogP) is 5.88. The van der Waals surface area contributed by atoms with Crippen LogP contribution < -0.4 is 10.6 Å². The lowest BCUT2D eigenvalue weighted by Gasteiger charge is -2.37. The Morgan fingerprint density at radius 2 is 1.77 bits per heavy atom. The second-order valence-corrected chi connectivity index (χ2v) is 8.39. The normalized spacial score (nSPS) is 22.2. The Balaban J connectivity index is 1.83. The first-order chi connectivity index (χ1) is 10.3. The number of nitrogens with one attached hydrogen (secondary N) is 2. The van der Waals surface area contributed by atoms with E-state index < -0.39 is 0 Å². The number of rotatable bonds is 2. The fourth-order valence-corrected chi connectivity index (χ4v) is 3.77. The van der Waals surface area contributed by atoms with E-state index in [0.717, 1.165) is 24.4 Å². The zero-order valence-corrected chi connectivity index (χ0v) is 15.7. The van der Waals surface area contributed by atoms with Gasteiger partial charge in [-0.05, 0) is 67.4 Å². The molecule has 0 bridgehead atoms. The van der Waals surface area contributed by atoms with Crippen molar-refractivity contribution in [3.8, 4) is 0 Å². The van der Waals surface area contributed by atoms with Gasteiger partial charge in [-0.15, -0.1) is 0 Å². The third kappa shape index (κ3) is 5.00. The Kier molecular flexibility index (Phi) is 5.98. The molecule has 0 spiro atoms. The number of thiocarbonyl (C=S) groups is 1. The largest absolute Gasteiger partial charge is 0.360 e. The third-order valence-corrected chi connectivity index (χ3v) is 5.23. The van der Waals surface area contributed by atoms with Gasteiger partial charge in [-0.2, -0.15) is 0 Å². The van der Waals surface area contributed by atoms with Gasteiger partial charge in [0.1, 0.15) is 0 Å². The highest BCUT2D eigenvalue weighted by Gasteiger charge is 2.29. The Morgan fingerprint density at radius 1 is 1.14 bits per heavy atom. The van der Waals surface area contributed by atoms with Crippen molar-refractivity contribution in [2.24, 2.45) is 11.3 Å². The minimum absolute atomic E-state index is 0.403. The summed E-state index contributed by atoms with van der Waals surface area (Å²) in [5.74, 6) is 0.804. The van der Waals surface area contributed by atoms with E-state index in [0.29, 0.717) is 26.6 Å². The molecule has 1 saturated carbocycles. The quantitative estimate of drug-likeness (QED) is 0.645. The molecule has 0 aliphatic heterocycles. The minimum Gasteiger partial charge on any atom is -0.360 e. The van der Waals surface area contributed by atoms with Gasteiger partial charge in [-0.1, -0.05) is 44.0 Å². The lowest BCUT2D eigenvalue weighted by molar-refractivity contribution is 0.166. The standard InChI is InChI=1S/C17H24Cl2N2S/c1-17(2,3)11-4-7-13(8-5-11)20-16(22)21-15-9-6-12(18)10-14(15)19/h6,9-11,13H,4-5,7-8H2,1-3H3,(H2,20,21,22). The molecule has 0 radical (unpaired) electrons. The summed E-state index contributed by atoms with van der Waals surface area (Å²) in [5, 5.41) is 8.39. The van der Waals surface area contributed by atoms with Gasteiger partial charge in [0.25, 0.3) is 0 Å². The molecule has 122 valence electrons. The van der Waals surface area contributed by atoms with E-state index in [-0.39, 0.29) is 0 Å². The van der Waals surface area contributed by atoms with Gasteiger partial charge in [-0.3, -0.25) is 0 Å². The Hall–Kier alpha value is -0.510. The number of anilines is 1. The summed E-state index contributed by atoms with van der Waals surface area (Å²) in [5.41, 5.74) is 1.19. The number of halogens is 2. The molecule has 2 N–H and O–H groups in total. The molecule has 0 heterocycles. The van der Waals surface area contributed by atoms with Crippen LogP contribution in [0.4, 0.5) is 5.69 Å². The van der Waals surface area contributed by atoms with Gasteiger partial charge >= 0.3 is 0 Å². The minimum atomic E-state index is 0.403. The highest BCUT2D eigenvalue weighted by Crippen LogP contribution is 2.37. The maximum Gasteiger partial charge on any atom is 0.171 e. The fraction of sp³-hybridized carbons (Fsp3) is 0.588. The molecule has 0 atom stereocenters. The number of hydrogen-bond acceptors (Lipinski definition) is 1. The monoisotopic (exact) mass is 358 g/mol. The van der Waals surface area contributed by atoms with E-state index in [9.17, 15) is 0 Å². The van der Waals surface area contributed by atoms with Gasteiger partial charge in [0.05, 0.1) is 10.7 Å². The molecular weight excluding hydrogens is 335 g/mol. The van der Waals surface area contributed by atoms with Crippen molar-refractivity contribution in [1.82, 2.24) is 5.32 Å². The van der Waals surface area contributed by atoms with Crippen LogP contribution in [0.3, 0.4) is 0 Å². The smallest absolute Gasteiger partial charge is 0.171 e. The van der Waals surface area contributed by atoms with Crippen LogP contribution in [0.1, 0.15) is 46.5 Å². The van der Waals surface area contributed by atoms with Gasteiger partial charge in [-0.25, -0.2) is 0 Å². The second kappa shape index (κ2) is 7.37. The van der Waals surface area contributed by atoms with Crippen LogP contribution in [0, 0.1) is 11.3 Å². The summed E-state index contributed by atoms with van der Waals surface area (Å²) >= 11 is 17.4. The molecule has 5 heteroatoms. The first-order valence-electron chi connectivity index (χ1n) is 7.78. The Morgan fingerprint density at radius 3 is 2.32 bits per heavy atom. The van der Waals surface area contributed by atoms with E-state index in [1.807, 2.05) is 6.07 Å². The average molecular weight is 359 g/mol. The maximum absolute atomic E-state index is 6.15. The van der Waals surface area contributed by atoms with Crippen LogP contribution in [0.5, 0.6) is 0 Å². The molecule has 1 aromatic carbocycles. The van der Waals surface area contributed by atoms with E-state index >= 15 is 0 Å².